The molecule has 35 heavy (non-hydrogen) atoms. The molecule has 1 fully saturated rings. The van der Waals surface area contributed by atoms with Crippen LogP contribution in [-0.4, -0.2) is 53.5 Å². The molecule has 0 bridgehead atoms. The first kappa shape index (κ1) is 25.1. The van der Waals surface area contributed by atoms with Crippen molar-refractivity contribution in [3.8, 4) is 5.75 Å². The molecule has 1 aliphatic rings. The number of aromatic nitrogens is 2. The monoisotopic (exact) mass is 540 g/mol. The lowest BCUT2D eigenvalue weighted by atomic mass is 9.92. The fourth-order valence-electron chi connectivity index (χ4n) is 3.93. The lowest BCUT2D eigenvalue weighted by Crippen LogP contribution is -2.37. The Hall–Kier alpha value is -3.02. The Morgan fingerprint density at radius 2 is 1.86 bits per heavy atom. The molecule has 186 valence electrons. The number of aromatic amines is 1. The molecule has 1 saturated heterocycles. The zero-order valence-electron chi connectivity index (χ0n) is 18.3. The van der Waals surface area contributed by atoms with Crippen LogP contribution in [0.4, 0.5) is 10.7 Å². The highest BCUT2D eigenvalue weighted by Crippen LogP contribution is 2.32. The van der Waals surface area contributed by atoms with Crippen LogP contribution in [0.25, 0.3) is 11.0 Å². The number of piperidine rings is 1. The van der Waals surface area contributed by atoms with Gasteiger partial charge in [0.2, 0.25) is 11.9 Å². The number of carbonyl (C=O) groups excluding carboxylic acids is 1. The van der Waals surface area contributed by atoms with Crippen molar-refractivity contribution in [3.63, 3.8) is 0 Å². The summed E-state index contributed by atoms with van der Waals surface area (Å²) in [6, 6.07) is 8.76. The van der Waals surface area contributed by atoms with E-state index in [1.54, 1.807) is 6.07 Å². The molecule has 2 amide bonds. The van der Waals surface area contributed by atoms with Gasteiger partial charge in [0.25, 0.3) is 0 Å². The molecular formula is C22H22Cl2N4O6S. The van der Waals surface area contributed by atoms with Gasteiger partial charge in [0, 0.05) is 25.6 Å². The number of rotatable bonds is 7. The summed E-state index contributed by atoms with van der Waals surface area (Å²) >= 11 is 12.0. The molecule has 2 aromatic carbocycles. The summed E-state index contributed by atoms with van der Waals surface area (Å²) < 4.78 is 30.5. The first-order valence-electron chi connectivity index (χ1n) is 10.8. The molecule has 2 heterocycles. The van der Waals surface area contributed by atoms with Crippen LogP contribution in [0.1, 0.15) is 25.7 Å². The highest BCUT2D eigenvalue weighted by molar-refractivity contribution is 7.87. The molecular weight excluding hydrogens is 519 g/mol. The fourth-order valence-corrected chi connectivity index (χ4v) is 5.95. The third-order valence-electron chi connectivity index (χ3n) is 5.75. The molecule has 0 radical (unpaired) electrons. The predicted molar refractivity (Wildman–Crippen MR) is 131 cm³/mol. The van der Waals surface area contributed by atoms with Crippen LogP contribution in [0.3, 0.4) is 0 Å². The largest absolute Gasteiger partial charge is 0.465 e. The molecule has 0 unspecified atom stereocenters. The Bertz CT molecular complexity index is 1350. The Kier molecular flexibility index (Phi) is 7.39. The minimum Gasteiger partial charge on any atom is -0.465 e. The fraction of sp³-hybridized carbons (Fsp3) is 0.318. The van der Waals surface area contributed by atoms with Gasteiger partial charge in [0.05, 0.1) is 21.1 Å². The Morgan fingerprint density at radius 3 is 2.51 bits per heavy atom. The first-order valence-corrected chi connectivity index (χ1v) is 12.9. The summed E-state index contributed by atoms with van der Waals surface area (Å²) in [6.07, 6.45) is 1.48. The molecule has 10 nitrogen and oxygen atoms in total. The highest BCUT2D eigenvalue weighted by Gasteiger charge is 2.25. The standard InChI is InChI=1S/C22H22Cl2N4O6S/c23-15-2-1-3-16(24)20(15)35(32,33)34-14-5-6-17-18(12-14)26-21(25-17)27-19(29)7-4-13-8-10-28(11-9-13)22(30)31/h1-3,5-6,12-13H,4,7-11H2,(H,30,31)(H2,25,26,27,29). The normalized spacial score (nSPS) is 14.7. The van der Waals surface area contributed by atoms with E-state index in [1.807, 2.05) is 0 Å². The molecule has 13 heteroatoms. The minimum atomic E-state index is -4.29. The number of imidazole rings is 1. The van der Waals surface area contributed by atoms with E-state index in [4.69, 9.17) is 32.5 Å². The smallest absolute Gasteiger partial charge is 0.407 e. The lowest BCUT2D eigenvalue weighted by molar-refractivity contribution is -0.116. The van der Waals surface area contributed by atoms with E-state index in [0.717, 1.165) is 12.8 Å². The molecule has 3 N–H and O–H groups in total. The number of likely N-dealkylation sites (tertiary alicyclic amines) is 1. The number of carboxylic acid groups (broad SMARTS) is 1. The van der Waals surface area contributed by atoms with Gasteiger partial charge >= 0.3 is 16.2 Å². The second-order valence-electron chi connectivity index (χ2n) is 8.15. The van der Waals surface area contributed by atoms with Gasteiger partial charge in [-0.05, 0) is 49.4 Å². The van der Waals surface area contributed by atoms with Gasteiger partial charge in [-0.15, -0.1) is 0 Å². The van der Waals surface area contributed by atoms with Gasteiger partial charge in [0.15, 0.2) is 0 Å². The average Bonchev–Trinajstić information content (AvgIpc) is 3.18. The highest BCUT2D eigenvalue weighted by atomic mass is 35.5. The van der Waals surface area contributed by atoms with Crippen molar-refractivity contribution in [1.82, 2.24) is 14.9 Å². The van der Waals surface area contributed by atoms with Crippen molar-refractivity contribution in [1.29, 1.82) is 0 Å². The van der Waals surface area contributed by atoms with Crippen LogP contribution < -0.4 is 9.50 Å². The van der Waals surface area contributed by atoms with Gasteiger partial charge in [-0.3, -0.25) is 10.1 Å². The Balaban J connectivity index is 1.37. The van der Waals surface area contributed by atoms with E-state index in [2.05, 4.69) is 15.3 Å². The molecule has 4 rings (SSSR count). The van der Waals surface area contributed by atoms with Crippen molar-refractivity contribution in [2.24, 2.45) is 5.92 Å². The summed E-state index contributed by atoms with van der Waals surface area (Å²) in [5.74, 6) is 0.294. The number of benzene rings is 2. The van der Waals surface area contributed by atoms with Gasteiger partial charge < -0.3 is 19.2 Å². The maximum Gasteiger partial charge on any atom is 0.407 e. The number of halogens is 2. The van der Waals surface area contributed by atoms with E-state index in [-0.39, 0.29) is 39.0 Å². The quantitative estimate of drug-likeness (QED) is 0.367. The van der Waals surface area contributed by atoms with E-state index in [9.17, 15) is 18.0 Å². The van der Waals surface area contributed by atoms with Gasteiger partial charge in [-0.1, -0.05) is 29.3 Å². The van der Waals surface area contributed by atoms with Gasteiger partial charge in [-0.2, -0.15) is 8.42 Å². The van der Waals surface area contributed by atoms with Crippen LogP contribution in [0.5, 0.6) is 5.75 Å². The maximum atomic E-state index is 12.7. The molecule has 0 spiro atoms. The molecule has 1 aliphatic heterocycles. The zero-order valence-corrected chi connectivity index (χ0v) is 20.7. The predicted octanol–water partition coefficient (Wildman–Crippen LogP) is 4.75. The van der Waals surface area contributed by atoms with Crippen molar-refractivity contribution in [3.05, 3.63) is 46.4 Å². The summed E-state index contributed by atoms with van der Waals surface area (Å²) in [7, 11) is -4.29. The number of amides is 2. The number of nitrogens with zero attached hydrogens (tertiary/aromatic N) is 2. The van der Waals surface area contributed by atoms with E-state index in [1.165, 1.54) is 35.2 Å². The number of carbonyl (C=O) groups is 2. The number of fused-ring (bicyclic) bond motifs is 1. The SMILES string of the molecule is O=C(CCC1CCN(C(=O)O)CC1)Nc1nc2cc(OS(=O)(=O)c3c(Cl)cccc3Cl)ccc2[nH]1. The summed E-state index contributed by atoms with van der Waals surface area (Å²) in [4.78, 5) is 31.7. The molecule has 3 aromatic rings. The molecule has 0 atom stereocenters. The summed E-state index contributed by atoms with van der Waals surface area (Å²) in [6.45, 7) is 0.960. The Morgan fingerprint density at radius 1 is 1.17 bits per heavy atom. The van der Waals surface area contributed by atoms with Crippen LogP contribution >= 0.6 is 23.2 Å². The van der Waals surface area contributed by atoms with E-state index < -0.39 is 16.2 Å². The third-order valence-corrected chi connectivity index (χ3v) is 7.96. The lowest BCUT2D eigenvalue weighted by Gasteiger charge is -2.29. The van der Waals surface area contributed by atoms with Crippen molar-refractivity contribution in [2.75, 3.05) is 18.4 Å². The number of hydrogen-bond donors (Lipinski definition) is 3. The third kappa shape index (κ3) is 5.98. The topological polar surface area (TPSA) is 142 Å². The van der Waals surface area contributed by atoms with Gasteiger partial charge in [-0.25, -0.2) is 9.78 Å². The molecule has 0 saturated carbocycles. The van der Waals surface area contributed by atoms with Crippen LogP contribution in [0, 0.1) is 5.92 Å². The van der Waals surface area contributed by atoms with E-state index in [0.29, 0.717) is 36.5 Å². The maximum absolute atomic E-state index is 12.7. The Labute approximate surface area is 211 Å². The first-order chi connectivity index (χ1) is 16.6. The van der Waals surface area contributed by atoms with Crippen LogP contribution in [0.15, 0.2) is 41.3 Å². The number of nitrogens with one attached hydrogen (secondary N) is 2. The summed E-state index contributed by atoms with van der Waals surface area (Å²) in [5.41, 5.74) is 0.959. The van der Waals surface area contributed by atoms with Gasteiger partial charge in [0.1, 0.15) is 10.6 Å². The van der Waals surface area contributed by atoms with Crippen LogP contribution in [-0.2, 0) is 14.9 Å². The van der Waals surface area contributed by atoms with Crippen LogP contribution in [0.2, 0.25) is 10.0 Å². The number of anilines is 1. The number of hydrogen-bond acceptors (Lipinski definition) is 6. The second kappa shape index (κ2) is 10.3. The summed E-state index contributed by atoms with van der Waals surface area (Å²) in [5, 5.41) is 11.6. The second-order valence-corrected chi connectivity index (χ2v) is 10.5. The average molecular weight is 541 g/mol. The van der Waals surface area contributed by atoms with Crippen molar-refractivity contribution in [2.45, 2.75) is 30.6 Å². The molecule has 0 aliphatic carbocycles. The van der Waals surface area contributed by atoms with Crippen molar-refractivity contribution < 1.29 is 27.3 Å². The van der Waals surface area contributed by atoms with Crippen molar-refractivity contribution >= 4 is 62.3 Å². The number of H-pyrrole nitrogens is 1. The minimum absolute atomic E-state index is 0.00515. The van der Waals surface area contributed by atoms with E-state index >= 15 is 0 Å². The zero-order chi connectivity index (χ0) is 25.2. The molecule has 1 aromatic heterocycles.